The standard InChI is InChI=1S/C22H29IN2O3/c1-26-21-15-19(16-24-8-5-9-25-10-12-27-13-11-25)14-20(23)22(21)28-17-18-6-3-2-4-7-18/h2-4,6-7,14-15,24H,5,8-13,16-17H2,1H3/p+2. The quantitative estimate of drug-likeness (QED) is 0.383. The van der Waals surface area contributed by atoms with Gasteiger partial charge in [-0.05, 0) is 40.3 Å². The van der Waals surface area contributed by atoms with Gasteiger partial charge in [-0.15, -0.1) is 0 Å². The molecule has 0 radical (unpaired) electrons. The fourth-order valence-electron chi connectivity index (χ4n) is 3.44. The summed E-state index contributed by atoms with van der Waals surface area (Å²) in [7, 11) is 1.71. The van der Waals surface area contributed by atoms with Gasteiger partial charge < -0.3 is 24.4 Å². The average molecular weight is 498 g/mol. The second kappa shape index (κ2) is 11.6. The maximum absolute atomic E-state index is 6.05. The van der Waals surface area contributed by atoms with Crippen LogP contribution in [-0.4, -0.2) is 46.5 Å². The molecule has 3 rings (SSSR count). The minimum absolute atomic E-state index is 0.544. The van der Waals surface area contributed by atoms with Crippen molar-refractivity contribution in [2.24, 2.45) is 0 Å². The van der Waals surface area contributed by atoms with E-state index < -0.39 is 0 Å². The van der Waals surface area contributed by atoms with Crippen molar-refractivity contribution in [3.05, 3.63) is 57.2 Å². The SMILES string of the molecule is COc1cc(C[NH2+]CCC[NH+]2CCOCC2)cc(I)c1OCc1ccccc1. The summed E-state index contributed by atoms with van der Waals surface area (Å²) in [5.74, 6) is 1.63. The van der Waals surface area contributed by atoms with Crippen LogP contribution in [0.25, 0.3) is 0 Å². The Labute approximate surface area is 181 Å². The molecule has 0 aliphatic carbocycles. The number of quaternary nitrogens is 2. The van der Waals surface area contributed by atoms with Crippen molar-refractivity contribution in [3.63, 3.8) is 0 Å². The van der Waals surface area contributed by atoms with Crippen LogP contribution in [0.4, 0.5) is 0 Å². The van der Waals surface area contributed by atoms with Gasteiger partial charge in [0.15, 0.2) is 11.5 Å². The van der Waals surface area contributed by atoms with Crippen LogP contribution < -0.4 is 19.7 Å². The molecule has 3 N–H and O–H groups in total. The van der Waals surface area contributed by atoms with E-state index in [9.17, 15) is 0 Å². The number of nitrogens with one attached hydrogen (secondary N) is 1. The molecule has 0 aromatic heterocycles. The smallest absolute Gasteiger partial charge is 0.174 e. The number of benzene rings is 2. The van der Waals surface area contributed by atoms with Crippen molar-refractivity contribution in [1.29, 1.82) is 0 Å². The topological polar surface area (TPSA) is 48.7 Å². The van der Waals surface area contributed by atoms with Crippen LogP contribution in [0.15, 0.2) is 42.5 Å². The highest BCUT2D eigenvalue weighted by molar-refractivity contribution is 14.1. The lowest BCUT2D eigenvalue weighted by Crippen LogP contribution is -3.14. The molecule has 0 saturated carbocycles. The predicted molar refractivity (Wildman–Crippen MR) is 118 cm³/mol. The van der Waals surface area contributed by atoms with E-state index in [1.54, 1.807) is 12.0 Å². The molecule has 0 unspecified atom stereocenters. The summed E-state index contributed by atoms with van der Waals surface area (Å²) in [6, 6.07) is 14.5. The Bertz CT molecular complexity index is 721. The largest absolute Gasteiger partial charge is 0.493 e. The highest BCUT2D eigenvalue weighted by Crippen LogP contribution is 2.34. The van der Waals surface area contributed by atoms with Crippen molar-refractivity contribution in [2.45, 2.75) is 19.6 Å². The normalized spacial score (nSPS) is 14.8. The van der Waals surface area contributed by atoms with Gasteiger partial charge in [0, 0.05) is 12.0 Å². The molecule has 2 aromatic rings. The molecule has 0 atom stereocenters. The summed E-state index contributed by atoms with van der Waals surface area (Å²) in [4.78, 5) is 1.68. The Kier molecular flexibility index (Phi) is 8.85. The van der Waals surface area contributed by atoms with E-state index >= 15 is 0 Å². The molecule has 28 heavy (non-hydrogen) atoms. The number of nitrogens with two attached hydrogens (primary N) is 1. The van der Waals surface area contributed by atoms with Gasteiger partial charge in [-0.2, -0.15) is 0 Å². The molecular weight excluding hydrogens is 467 g/mol. The van der Waals surface area contributed by atoms with E-state index in [2.05, 4.69) is 52.2 Å². The molecule has 1 heterocycles. The van der Waals surface area contributed by atoms with Gasteiger partial charge in [-0.1, -0.05) is 30.3 Å². The van der Waals surface area contributed by atoms with Crippen molar-refractivity contribution in [3.8, 4) is 11.5 Å². The monoisotopic (exact) mass is 498 g/mol. The number of hydrogen-bond acceptors (Lipinski definition) is 3. The van der Waals surface area contributed by atoms with Gasteiger partial charge in [0.1, 0.15) is 26.2 Å². The molecule has 0 bridgehead atoms. The van der Waals surface area contributed by atoms with Crippen molar-refractivity contribution in [1.82, 2.24) is 0 Å². The Morgan fingerprint density at radius 1 is 1.11 bits per heavy atom. The maximum atomic E-state index is 6.05. The number of halogens is 1. The fraction of sp³-hybridized carbons (Fsp3) is 0.455. The number of morpholine rings is 1. The van der Waals surface area contributed by atoms with Crippen LogP contribution >= 0.6 is 22.6 Å². The molecular formula is C22H31IN2O3+2. The van der Waals surface area contributed by atoms with Crippen LogP contribution in [0.3, 0.4) is 0 Å². The third-order valence-corrected chi connectivity index (χ3v) is 5.84. The zero-order valence-corrected chi connectivity index (χ0v) is 18.7. The lowest BCUT2D eigenvalue weighted by atomic mass is 10.2. The van der Waals surface area contributed by atoms with Crippen LogP contribution in [0.1, 0.15) is 17.5 Å². The van der Waals surface area contributed by atoms with Crippen LogP contribution in [0.5, 0.6) is 11.5 Å². The highest BCUT2D eigenvalue weighted by Gasteiger charge is 2.14. The van der Waals surface area contributed by atoms with E-state index in [1.165, 1.54) is 18.5 Å². The summed E-state index contributed by atoms with van der Waals surface area (Å²) >= 11 is 2.34. The molecule has 5 nitrogen and oxygen atoms in total. The summed E-state index contributed by atoms with van der Waals surface area (Å²) in [5.41, 5.74) is 2.42. The first-order valence-electron chi connectivity index (χ1n) is 10.0. The van der Waals surface area contributed by atoms with E-state index in [1.807, 2.05) is 18.2 Å². The van der Waals surface area contributed by atoms with Crippen LogP contribution in [-0.2, 0) is 17.9 Å². The molecule has 2 aromatic carbocycles. The third-order valence-electron chi connectivity index (χ3n) is 5.03. The highest BCUT2D eigenvalue weighted by atomic mass is 127. The van der Waals surface area contributed by atoms with Crippen LogP contribution in [0, 0.1) is 3.57 Å². The zero-order chi connectivity index (χ0) is 19.6. The zero-order valence-electron chi connectivity index (χ0n) is 16.6. The van der Waals surface area contributed by atoms with E-state index in [-0.39, 0.29) is 0 Å². The van der Waals surface area contributed by atoms with Gasteiger partial charge in [0.05, 0.1) is 37.0 Å². The number of ether oxygens (including phenoxy) is 3. The minimum Gasteiger partial charge on any atom is -0.493 e. The minimum atomic E-state index is 0.544. The first-order chi connectivity index (χ1) is 13.8. The Morgan fingerprint density at radius 3 is 2.64 bits per heavy atom. The second-order valence-electron chi connectivity index (χ2n) is 7.13. The number of rotatable bonds is 10. The van der Waals surface area contributed by atoms with Crippen molar-refractivity contribution in [2.75, 3.05) is 46.5 Å². The van der Waals surface area contributed by atoms with E-state index in [0.717, 1.165) is 60.0 Å². The predicted octanol–water partition coefficient (Wildman–Crippen LogP) is 1.25. The Balaban J connectivity index is 1.47. The first kappa shape index (κ1) is 21.4. The molecule has 1 aliphatic heterocycles. The second-order valence-corrected chi connectivity index (χ2v) is 8.29. The van der Waals surface area contributed by atoms with E-state index in [0.29, 0.717) is 6.61 Å². The number of methoxy groups -OCH3 is 1. The lowest BCUT2D eigenvalue weighted by Gasteiger charge is -2.23. The average Bonchev–Trinajstić information content (AvgIpc) is 2.74. The van der Waals surface area contributed by atoms with Gasteiger partial charge in [-0.3, -0.25) is 0 Å². The molecule has 152 valence electrons. The molecule has 0 amide bonds. The van der Waals surface area contributed by atoms with Gasteiger partial charge in [0.25, 0.3) is 0 Å². The summed E-state index contributed by atoms with van der Waals surface area (Å²) in [5, 5.41) is 2.38. The Morgan fingerprint density at radius 2 is 1.89 bits per heavy atom. The summed E-state index contributed by atoms with van der Waals surface area (Å²) in [6.45, 7) is 8.03. The third kappa shape index (κ3) is 6.62. The summed E-state index contributed by atoms with van der Waals surface area (Å²) < 4.78 is 18.2. The van der Waals surface area contributed by atoms with E-state index in [4.69, 9.17) is 14.2 Å². The molecule has 6 heteroatoms. The Hall–Kier alpha value is -1.35. The lowest BCUT2D eigenvalue weighted by molar-refractivity contribution is -0.909. The summed E-state index contributed by atoms with van der Waals surface area (Å²) in [6.07, 6.45) is 1.24. The van der Waals surface area contributed by atoms with Gasteiger partial charge in [-0.25, -0.2) is 0 Å². The molecule has 1 saturated heterocycles. The first-order valence-corrected chi connectivity index (χ1v) is 11.1. The maximum Gasteiger partial charge on any atom is 0.174 e. The van der Waals surface area contributed by atoms with Gasteiger partial charge >= 0.3 is 0 Å². The number of hydrogen-bond donors (Lipinski definition) is 2. The molecule has 0 spiro atoms. The molecule has 1 fully saturated rings. The van der Waals surface area contributed by atoms with Crippen molar-refractivity contribution >= 4 is 22.6 Å². The van der Waals surface area contributed by atoms with Gasteiger partial charge in [0.2, 0.25) is 0 Å². The van der Waals surface area contributed by atoms with Crippen molar-refractivity contribution < 1.29 is 24.4 Å². The van der Waals surface area contributed by atoms with Crippen LogP contribution in [0.2, 0.25) is 0 Å². The molecule has 1 aliphatic rings. The fourth-order valence-corrected chi connectivity index (χ4v) is 4.26.